The highest BCUT2D eigenvalue weighted by Gasteiger charge is 2.35. The number of benzene rings is 1. The minimum atomic E-state index is -3.61. The summed E-state index contributed by atoms with van der Waals surface area (Å²) < 4.78 is 27.0. The van der Waals surface area contributed by atoms with E-state index in [2.05, 4.69) is 20.2 Å². The summed E-state index contributed by atoms with van der Waals surface area (Å²) in [6, 6.07) is 4.92. The summed E-state index contributed by atoms with van der Waals surface area (Å²) in [6.45, 7) is 3.50. The molecule has 1 aliphatic carbocycles. The van der Waals surface area contributed by atoms with Gasteiger partial charge in [-0.3, -0.25) is 14.5 Å². The second kappa shape index (κ2) is 9.41. The van der Waals surface area contributed by atoms with Crippen molar-refractivity contribution in [2.45, 2.75) is 48.4 Å². The van der Waals surface area contributed by atoms with E-state index in [1.807, 2.05) is 6.92 Å². The van der Waals surface area contributed by atoms with Crippen LogP contribution in [-0.4, -0.2) is 49.3 Å². The molecule has 1 heterocycles. The molecule has 0 atom stereocenters. The van der Waals surface area contributed by atoms with Gasteiger partial charge in [0.2, 0.25) is 27.0 Å². The average Bonchev–Trinajstić information content (AvgIpc) is 3.45. The SMILES string of the molecule is CCC(=O)N(c1nnc(SCC(=O)Nc2ccc(C)c(S(=O)(=O)NC)c2)s1)C1CC1. The maximum atomic E-state index is 12.3. The van der Waals surface area contributed by atoms with E-state index in [9.17, 15) is 18.0 Å². The molecule has 12 heteroatoms. The molecule has 0 spiro atoms. The molecule has 0 radical (unpaired) electrons. The van der Waals surface area contributed by atoms with E-state index in [1.165, 1.54) is 36.2 Å². The number of aryl methyl sites for hydroxylation is 1. The maximum Gasteiger partial charge on any atom is 0.240 e. The molecular weight excluding hydrogens is 446 g/mol. The van der Waals surface area contributed by atoms with Crippen LogP contribution in [0.4, 0.5) is 10.8 Å². The molecule has 2 amide bonds. The van der Waals surface area contributed by atoms with Crippen molar-refractivity contribution in [3.8, 4) is 0 Å². The standard InChI is InChI=1S/C18H23N5O4S3/c1-4-16(25)23(13-7-8-13)17-21-22-18(29-17)28-10-15(24)20-12-6-5-11(2)14(9-12)30(26,27)19-3/h5-6,9,13,19H,4,7-8,10H2,1-3H3,(H,20,24). The number of sulfonamides is 1. The fourth-order valence-corrected chi connectivity index (χ4v) is 5.45. The molecule has 1 aromatic carbocycles. The summed E-state index contributed by atoms with van der Waals surface area (Å²) in [5, 5.41) is 11.5. The van der Waals surface area contributed by atoms with E-state index < -0.39 is 10.0 Å². The molecule has 162 valence electrons. The molecule has 9 nitrogen and oxygen atoms in total. The van der Waals surface area contributed by atoms with Crippen LogP contribution in [0, 0.1) is 6.92 Å². The minimum absolute atomic E-state index is 0.0228. The lowest BCUT2D eigenvalue weighted by Crippen LogP contribution is -2.32. The van der Waals surface area contributed by atoms with Crippen molar-refractivity contribution in [3.63, 3.8) is 0 Å². The molecular formula is C18H23N5O4S3. The highest BCUT2D eigenvalue weighted by molar-refractivity contribution is 8.01. The van der Waals surface area contributed by atoms with Gasteiger partial charge in [-0.2, -0.15) is 0 Å². The van der Waals surface area contributed by atoms with Crippen molar-refractivity contribution in [2.75, 3.05) is 23.0 Å². The number of anilines is 2. The summed E-state index contributed by atoms with van der Waals surface area (Å²) in [5.74, 6) is -0.186. The average molecular weight is 470 g/mol. The van der Waals surface area contributed by atoms with Crippen LogP contribution < -0.4 is 14.9 Å². The van der Waals surface area contributed by atoms with Gasteiger partial charge in [0.1, 0.15) is 0 Å². The number of nitrogens with zero attached hydrogens (tertiary/aromatic N) is 3. The van der Waals surface area contributed by atoms with Crippen LogP contribution in [0.15, 0.2) is 27.4 Å². The molecule has 3 rings (SSSR count). The van der Waals surface area contributed by atoms with Crippen LogP contribution in [0.5, 0.6) is 0 Å². The molecule has 0 aliphatic heterocycles. The molecule has 1 fully saturated rings. The molecule has 1 saturated carbocycles. The third kappa shape index (κ3) is 5.36. The van der Waals surface area contributed by atoms with Crippen LogP contribution in [0.25, 0.3) is 0 Å². The summed E-state index contributed by atoms with van der Waals surface area (Å²) >= 11 is 2.51. The molecule has 2 N–H and O–H groups in total. The molecule has 1 aliphatic rings. The van der Waals surface area contributed by atoms with Gasteiger partial charge in [-0.05, 0) is 44.5 Å². The fraction of sp³-hybridized carbons (Fsp3) is 0.444. The van der Waals surface area contributed by atoms with Gasteiger partial charge < -0.3 is 5.32 Å². The number of carbonyl (C=O) groups excluding carboxylic acids is 2. The van der Waals surface area contributed by atoms with E-state index in [1.54, 1.807) is 24.0 Å². The van der Waals surface area contributed by atoms with Gasteiger partial charge in [0.25, 0.3) is 0 Å². The Hall–Kier alpha value is -2.02. The first-order valence-electron chi connectivity index (χ1n) is 9.37. The van der Waals surface area contributed by atoms with Crippen molar-refractivity contribution in [1.29, 1.82) is 0 Å². The predicted molar refractivity (Wildman–Crippen MR) is 117 cm³/mol. The van der Waals surface area contributed by atoms with Gasteiger partial charge in [-0.1, -0.05) is 36.1 Å². The second-order valence-electron chi connectivity index (χ2n) is 6.72. The normalized spacial score (nSPS) is 13.8. The molecule has 0 unspecified atom stereocenters. The van der Waals surface area contributed by atoms with Crippen molar-refractivity contribution in [2.24, 2.45) is 0 Å². The third-order valence-corrected chi connectivity index (χ3v) is 8.05. The van der Waals surface area contributed by atoms with Gasteiger partial charge in [-0.15, -0.1) is 10.2 Å². The van der Waals surface area contributed by atoms with E-state index >= 15 is 0 Å². The molecule has 2 aromatic rings. The largest absolute Gasteiger partial charge is 0.325 e. The van der Waals surface area contributed by atoms with E-state index in [-0.39, 0.29) is 28.5 Å². The number of amides is 2. The zero-order valence-corrected chi connectivity index (χ0v) is 19.3. The van der Waals surface area contributed by atoms with Gasteiger partial charge in [0.15, 0.2) is 4.34 Å². The summed E-state index contributed by atoms with van der Waals surface area (Å²) in [4.78, 5) is 26.3. The number of rotatable bonds is 9. The Morgan fingerprint density at radius 1 is 1.30 bits per heavy atom. The molecule has 0 bridgehead atoms. The maximum absolute atomic E-state index is 12.3. The van der Waals surface area contributed by atoms with Crippen LogP contribution in [0.2, 0.25) is 0 Å². The Bertz CT molecular complexity index is 1050. The zero-order chi connectivity index (χ0) is 21.9. The van der Waals surface area contributed by atoms with Crippen molar-refractivity contribution in [1.82, 2.24) is 14.9 Å². The molecule has 0 saturated heterocycles. The van der Waals surface area contributed by atoms with E-state index in [0.29, 0.717) is 27.1 Å². The Morgan fingerprint density at radius 2 is 2.03 bits per heavy atom. The second-order valence-corrected chi connectivity index (χ2v) is 10.8. The smallest absolute Gasteiger partial charge is 0.240 e. The number of hydrogen-bond acceptors (Lipinski definition) is 8. The number of aromatic nitrogens is 2. The fourth-order valence-electron chi connectivity index (χ4n) is 2.73. The van der Waals surface area contributed by atoms with Gasteiger partial charge in [0.05, 0.1) is 10.6 Å². The van der Waals surface area contributed by atoms with E-state index in [4.69, 9.17) is 0 Å². The number of nitrogens with one attached hydrogen (secondary N) is 2. The van der Waals surface area contributed by atoms with Gasteiger partial charge >= 0.3 is 0 Å². The Morgan fingerprint density at radius 3 is 2.67 bits per heavy atom. The highest BCUT2D eigenvalue weighted by atomic mass is 32.2. The predicted octanol–water partition coefficient (Wildman–Crippen LogP) is 2.39. The topological polar surface area (TPSA) is 121 Å². The van der Waals surface area contributed by atoms with Crippen LogP contribution in [0.3, 0.4) is 0 Å². The zero-order valence-electron chi connectivity index (χ0n) is 16.8. The molecule has 30 heavy (non-hydrogen) atoms. The Kier molecular flexibility index (Phi) is 7.11. The van der Waals surface area contributed by atoms with Crippen LogP contribution in [-0.2, 0) is 19.6 Å². The lowest BCUT2D eigenvalue weighted by atomic mass is 10.2. The third-order valence-electron chi connectivity index (χ3n) is 4.44. The monoisotopic (exact) mass is 469 g/mol. The lowest BCUT2D eigenvalue weighted by Gasteiger charge is -2.17. The summed E-state index contributed by atoms with van der Waals surface area (Å²) in [6.07, 6.45) is 2.35. The number of carbonyl (C=O) groups is 2. The first-order chi connectivity index (χ1) is 14.2. The minimum Gasteiger partial charge on any atom is -0.325 e. The first-order valence-corrected chi connectivity index (χ1v) is 12.7. The van der Waals surface area contributed by atoms with Gasteiger partial charge in [0, 0.05) is 18.2 Å². The van der Waals surface area contributed by atoms with E-state index in [0.717, 1.165) is 12.8 Å². The van der Waals surface area contributed by atoms with Crippen molar-refractivity contribution < 1.29 is 18.0 Å². The number of thioether (sulfide) groups is 1. The first kappa shape index (κ1) is 22.7. The van der Waals surface area contributed by atoms with Crippen LogP contribution in [0.1, 0.15) is 31.7 Å². The quantitative estimate of drug-likeness (QED) is 0.427. The van der Waals surface area contributed by atoms with Crippen LogP contribution >= 0.6 is 23.1 Å². The van der Waals surface area contributed by atoms with Gasteiger partial charge in [-0.25, -0.2) is 13.1 Å². The van der Waals surface area contributed by atoms with Crippen molar-refractivity contribution >= 4 is 55.8 Å². The highest BCUT2D eigenvalue weighted by Crippen LogP contribution is 2.36. The van der Waals surface area contributed by atoms with Crippen molar-refractivity contribution in [3.05, 3.63) is 23.8 Å². The Balaban J connectivity index is 1.61. The lowest BCUT2D eigenvalue weighted by molar-refractivity contribution is -0.118. The molecule has 1 aromatic heterocycles. The number of hydrogen-bond donors (Lipinski definition) is 2. The summed E-state index contributed by atoms with van der Waals surface area (Å²) in [5.41, 5.74) is 0.978. The Labute approximate surface area is 183 Å². The summed E-state index contributed by atoms with van der Waals surface area (Å²) in [7, 11) is -2.28.